The molecule has 0 bridgehead atoms. The van der Waals surface area contributed by atoms with Crippen molar-refractivity contribution in [2.45, 2.75) is 20.4 Å². The Morgan fingerprint density at radius 1 is 1.17 bits per heavy atom. The number of hydrogen-bond acceptors (Lipinski definition) is 3. The Morgan fingerprint density at radius 3 is 2.57 bits per heavy atom. The zero-order valence-electron chi connectivity index (χ0n) is 13.2. The molecule has 3 rings (SSSR count). The third kappa shape index (κ3) is 3.13. The van der Waals surface area contributed by atoms with Crippen LogP contribution in [0.5, 0.6) is 0 Å². The number of amides is 1. The molecular formula is C18H18N4O. The summed E-state index contributed by atoms with van der Waals surface area (Å²) in [6, 6.07) is 13.2. The quantitative estimate of drug-likeness (QED) is 0.805. The first-order chi connectivity index (χ1) is 11.0. The molecule has 0 spiro atoms. The van der Waals surface area contributed by atoms with Crippen LogP contribution in [0.4, 0.5) is 0 Å². The van der Waals surface area contributed by atoms with Gasteiger partial charge in [-0.25, -0.2) is 0 Å². The molecule has 0 saturated heterocycles. The lowest BCUT2D eigenvalue weighted by Crippen LogP contribution is -2.12. The molecular weight excluding hydrogens is 288 g/mol. The van der Waals surface area contributed by atoms with E-state index in [2.05, 4.69) is 10.1 Å². The largest absolute Gasteiger partial charge is 0.366 e. The van der Waals surface area contributed by atoms with Gasteiger partial charge in [0.1, 0.15) is 0 Å². The van der Waals surface area contributed by atoms with Crippen molar-refractivity contribution in [2.24, 2.45) is 5.73 Å². The fourth-order valence-electron chi connectivity index (χ4n) is 2.61. The van der Waals surface area contributed by atoms with Crippen LogP contribution in [0.1, 0.15) is 27.3 Å². The second kappa shape index (κ2) is 6.04. The van der Waals surface area contributed by atoms with Gasteiger partial charge in [-0.2, -0.15) is 5.10 Å². The van der Waals surface area contributed by atoms with E-state index < -0.39 is 5.91 Å². The predicted molar refractivity (Wildman–Crippen MR) is 89.0 cm³/mol. The molecule has 116 valence electrons. The van der Waals surface area contributed by atoms with Crippen LogP contribution in [0.3, 0.4) is 0 Å². The highest BCUT2D eigenvalue weighted by Crippen LogP contribution is 2.21. The van der Waals surface area contributed by atoms with Crippen molar-refractivity contribution in [1.29, 1.82) is 0 Å². The average Bonchev–Trinajstić information content (AvgIpc) is 2.85. The van der Waals surface area contributed by atoms with Crippen LogP contribution < -0.4 is 5.73 Å². The molecule has 1 amide bonds. The Kier molecular flexibility index (Phi) is 3.93. The number of primary amides is 1. The van der Waals surface area contributed by atoms with Crippen molar-refractivity contribution in [3.63, 3.8) is 0 Å². The Balaban J connectivity index is 1.88. The van der Waals surface area contributed by atoms with E-state index in [0.717, 1.165) is 28.2 Å². The highest BCUT2D eigenvalue weighted by atomic mass is 16.1. The van der Waals surface area contributed by atoms with Gasteiger partial charge in [-0.1, -0.05) is 24.3 Å². The minimum Gasteiger partial charge on any atom is -0.366 e. The van der Waals surface area contributed by atoms with Crippen molar-refractivity contribution in [1.82, 2.24) is 14.8 Å². The number of aromatic nitrogens is 3. The van der Waals surface area contributed by atoms with Gasteiger partial charge in [0.15, 0.2) is 0 Å². The molecule has 0 fully saturated rings. The number of pyridine rings is 1. The monoisotopic (exact) mass is 306 g/mol. The summed E-state index contributed by atoms with van der Waals surface area (Å²) in [5.41, 5.74) is 10.6. The summed E-state index contributed by atoms with van der Waals surface area (Å²) in [6.45, 7) is 4.68. The molecule has 0 aliphatic heterocycles. The highest BCUT2D eigenvalue weighted by molar-refractivity contribution is 5.99. The maximum Gasteiger partial charge on any atom is 0.249 e. The zero-order valence-corrected chi connectivity index (χ0v) is 13.2. The molecule has 0 atom stereocenters. The number of aryl methyl sites for hydroxylation is 2. The summed E-state index contributed by atoms with van der Waals surface area (Å²) in [7, 11) is 0. The van der Waals surface area contributed by atoms with Crippen LogP contribution in [-0.4, -0.2) is 20.7 Å². The number of nitrogens with two attached hydrogens (primary N) is 1. The second-order valence-corrected chi connectivity index (χ2v) is 5.55. The summed E-state index contributed by atoms with van der Waals surface area (Å²) in [5, 5.41) is 4.45. The Bertz CT molecular complexity index is 850. The lowest BCUT2D eigenvalue weighted by Gasteiger charge is -2.08. The molecule has 23 heavy (non-hydrogen) atoms. The van der Waals surface area contributed by atoms with E-state index in [0.29, 0.717) is 12.1 Å². The van der Waals surface area contributed by atoms with Crippen molar-refractivity contribution in [2.75, 3.05) is 0 Å². The van der Waals surface area contributed by atoms with Gasteiger partial charge in [0.2, 0.25) is 5.91 Å². The minimum atomic E-state index is -0.450. The molecule has 0 aliphatic carbocycles. The van der Waals surface area contributed by atoms with Crippen LogP contribution >= 0.6 is 0 Å². The normalized spacial score (nSPS) is 10.7. The SMILES string of the molecule is Cc1cc(C)n(Cc2ccc(-c3ccccc3C(N)=O)nc2)n1. The van der Waals surface area contributed by atoms with E-state index in [-0.39, 0.29) is 0 Å². The first-order valence-electron chi connectivity index (χ1n) is 7.40. The van der Waals surface area contributed by atoms with Gasteiger partial charge >= 0.3 is 0 Å². The van der Waals surface area contributed by atoms with Crippen molar-refractivity contribution < 1.29 is 4.79 Å². The standard InChI is InChI=1S/C18H18N4O/c1-12-9-13(2)22(21-12)11-14-7-8-17(20-10-14)15-5-3-4-6-16(15)18(19)23/h3-10H,11H2,1-2H3,(H2,19,23). The number of rotatable bonds is 4. The zero-order chi connectivity index (χ0) is 16.4. The summed E-state index contributed by atoms with van der Waals surface area (Å²) in [4.78, 5) is 16.0. The molecule has 0 aliphatic rings. The molecule has 1 aromatic carbocycles. The fraction of sp³-hybridized carbons (Fsp3) is 0.167. The van der Waals surface area contributed by atoms with Crippen molar-refractivity contribution >= 4 is 5.91 Å². The third-order valence-electron chi connectivity index (χ3n) is 3.73. The van der Waals surface area contributed by atoms with Crippen LogP contribution in [-0.2, 0) is 6.54 Å². The van der Waals surface area contributed by atoms with Gasteiger partial charge < -0.3 is 5.73 Å². The maximum absolute atomic E-state index is 11.5. The molecule has 3 aromatic rings. The van der Waals surface area contributed by atoms with E-state index in [4.69, 9.17) is 5.73 Å². The van der Waals surface area contributed by atoms with E-state index in [1.807, 2.05) is 55.1 Å². The summed E-state index contributed by atoms with van der Waals surface area (Å²) < 4.78 is 1.95. The van der Waals surface area contributed by atoms with Crippen LogP contribution in [0.15, 0.2) is 48.7 Å². The van der Waals surface area contributed by atoms with Gasteiger partial charge in [0, 0.05) is 23.0 Å². The Labute approximate surface area is 134 Å². The van der Waals surface area contributed by atoms with E-state index in [9.17, 15) is 4.79 Å². The first-order valence-corrected chi connectivity index (χ1v) is 7.40. The lowest BCUT2D eigenvalue weighted by atomic mass is 10.0. The van der Waals surface area contributed by atoms with Crippen LogP contribution in [0.2, 0.25) is 0 Å². The molecule has 0 unspecified atom stereocenters. The summed E-state index contributed by atoms with van der Waals surface area (Å²) in [5.74, 6) is -0.450. The summed E-state index contributed by atoms with van der Waals surface area (Å²) in [6.07, 6.45) is 1.81. The number of hydrogen-bond donors (Lipinski definition) is 1. The predicted octanol–water partition coefficient (Wildman–Crippen LogP) is 2.71. The molecule has 2 N–H and O–H groups in total. The topological polar surface area (TPSA) is 73.8 Å². The van der Waals surface area contributed by atoms with Gasteiger partial charge in [0.25, 0.3) is 0 Å². The van der Waals surface area contributed by atoms with E-state index in [1.165, 1.54) is 0 Å². The third-order valence-corrected chi connectivity index (χ3v) is 3.73. The lowest BCUT2D eigenvalue weighted by molar-refractivity contribution is 0.100. The molecule has 2 heterocycles. The minimum absolute atomic E-state index is 0.450. The van der Waals surface area contributed by atoms with E-state index in [1.54, 1.807) is 12.1 Å². The number of carbonyl (C=O) groups is 1. The van der Waals surface area contributed by atoms with E-state index >= 15 is 0 Å². The first kappa shape index (κ1) is 15.0. The Morgan fingerprint density at radius 2 is 1.96 bits per heavy atom. The van der Waals surface area contributed by atoms with Gasteiger partial charge in [-0.15, -0.1) is 0 Å². The number of carbonyl (C=O) groups excluding carboxylic acids is 1. The van der Waals surface area contributed by atoms with Crippen LogP contribution in [0, 0.1) is 13.8 Å². The molecule has 5 nitrogen and oxygen atoms in total. The van der Waals surface area contributed by atoms with Crippen molar-refractivity contribution in [3.8, 4) is 11.3 Å². The molecule has 0 saturated carbocycles. The Hall–Kier alpha value is -2.95. The summed E-state index contributed by atoms with van der Waals surface area (Å²) >= 11 is 0. The molecule has 0 radical (unpaired) electrons. The molecule has 2 aromatic heterocycles. The van der Waals surface area contributed by atoms with Gasteiger partial charge in [-0.3, -0.25) is 14.5 Å². The maximum atomic E-state index is 11.5. The highest BCUT2D eigenvalue weighted by Gasteiger charge is 2.10. The number of benzene rings is 1. The fourth-order valence-corrected chi connectivity index (χ4v) is 2.61. The van der Waals surface area contributed by atoms with Gasteiger partial charge in [-0.05, 0) is 37.6 Å². The number of nitrogens with zero attached hydrogens (tertiary/aromatic N) is 3. The smallest absolute Gasteiger partial charge is 0.249 e. The van der Waals surface area contributed by atoms with Crippen LogP contribution in [0.25, 0.3) is 11.3 Å². The van der Waals surface area contributed by atoms with Gasteiger partial charge in [0.05, 0.1) is 17.9 Å². The molecule has 5 heteroatoms. The average molecular weight is 306 g/mol. The second-order valence-electron chi connectivity index (χ2n) is 5.55. The van der Waals surface area contributed by atoms with Crippen molar-refractivity contribution in [3.05, 3.63) is 71.2 Å².